The van der Waals surface area contributed by atoms with Crippen molar-refractivity contribution in [1.29, 1.82) is 0 Å². The van der Waals surface area contributed by atoms with Gasteiger partial charge in [0.2, 0.25) is 0 Å². The predicted octanol–water partition coefficient (Wildman–Crippen LogP) is -0.256. The van der Waals surface area contributed by atoms with Crippen molar-refractivity contribution in [1.82, 2.24) is 0 Å². The average molecular weight is 943 g/mol. The van der Waals surface area contributed by atoms with Crippen molar-refractivity contribution in [3.05, 3.63) is 12.2 Å². The summed E-state index contributed by atoms with van der Waals surface area (Å²) in [5.41, 5.74) is -2.99. The topological polar surface area (TPSA) is 287 Å². The lowest BCUT2D eigenvalue weighted by atomic mass is 9.32. The van der Waals surface area contributed by atoms with Gasteiger partial charge < -0.3 is 89.3 Å². The lowest BCUT2D eigenvalue weighted by molar-refractivity contribution is -0.366. The monoisotopic (exact) mass is 943 g/mol. The van der Waals surface area contributed by atoms with Gasteiger partial charge >= 0.3 is 0 Å². The van der Waals surface area contributed by atoms with Gasteiger partial charge in [0.15, 0.2) is 18.9 Å². The lowest BCUT2D eigenvalue weighted by Gasteiger charge is -2.73. The van der Waals surface area contributed by atoms with Crippen molar-refractivity contribution >= 4 is 0 Å². The van der Waals surface area contributed by atoms with E-state index in [2.05, 4.69) is 46.8 Å². The van der Waals surface area contributed by atoms with Crippen molar-refractivity contribution in [2.24, 2.45) is 44.8 Å². The number of ether oxygens (including phenoxy) is 7. The van der Waals surface area contributed by atoms with Crippen LogP contribution in [0.5, 0.6) is 0 Å². The van der Waals surface area contributed by atoms with Crippen LogP contribution in [0.3, 0.4) is 0 Å². The van der Waals surface area contributed by atoms with Gasteiger partial charge in [-0.05, 0) is 92.8 Å². The molecule has 4 saturated carbocycles. The predicted molar refractivity (Wildman–Crippen MR) is 230 cm³/mol. The van der Waals surface area contributed by atoms with Gasteiger partial charge in [0, 0.05) is 16.7 Å². The Bertz CT molecular complexity index is 1800. The molecule has 0 aromatic heterocycles. The number of aliphatic hydroxyl groups excluding tert-OH is 10. The summed E-state index contributed by atoms with van der Waals surface area (Å²) in [6, 6.07) is 0. The van der Waals surface area contributed by atoms with E-state index in [-0.39, 0.29) is 44.8 Å². The number of hydrogen-bond donors (Lipinski definition) is 11. The Morgan fingerprint density at radius 3 is 2.00 bits per heavy atom. The van der Waals surface area contributed by atoms with E-state index in [0.717, 1.165) is 25.7 Å². The first-order valence-corrected chi connectivity index (χ1v) is 24.6. The highest BCUT2D eigenvalue weighted by atomic mass is 16.8. The third kappa shape index (κ3) is 7.08. The minimum atomic E-state index is -1.82. The largest absolute Gasteiger partial charge is 0.394 e. The van der Waals surface area contributed by atoms with E-state index in [0.29, 0.717) is 38.7 Å². The van der Waals surface area contributed by atoms with E-state index in [9.17, 15) is 56.2 Å². The summed E-state index contributed by atoms with van der Waals surface area (Å²) in [6.45, 7) is 14.3. The van der Waals surface area contributed by atoms with Crippen molar-refractivity contribution in [2.75, 3.05) is 19.8 Å². The lowest BCUT2D eigenvalue weighted by Crippen LogP contribution is -2.73. The molecular formula is C48H78O18. The quantitative estimate of drug-likeness (QED) is 0.105. The zero-order valence-corrected chi connectivity index (χ0v) is 39.5. The second-order valence-corrected chi connectivity index (χ2v) is 23.5. The van der Waals surface area contributed by atoms with Gasteiger partial charge in [-0.1, -0.05) is 53.7 Å². The zero-order valence-electron chi connectivity index (χ0n) is 39.5. The van der Waals surface area contributed by atoms with Gasteiger partial charge in [-0.25, -0.2) is 0 Å². The Hall–Kier alpha value is -0.980. The normalized spacial score (nSPS) is 58.8. The Labute approximate surface area is 387 Å². The Kier molecular flexibility index (Phi) is 12.9. The van der Waals surface area contributed by atoms with Crippen LogP contribution in [-0.2, 0) is 33.2 Å². The molecule has 11 N–H and O–H groups in total. The van der Waals surface area contributed by atoms with Crippen LogP contribution >= 0.6 is 0 Å². The fourth-order valence-electron chi connectivity index (χ4n) is 15.6. The molecule has 9 aliphatic rings. The summed E-state index contributed by atoms with van der Waals surface area (Å²) in [5, 5.41) is 122. The molecule has 378 valence electrons. The van der Waals surface area contributed by atoms with Gasteiger partial charge in [0.25, 0.3) is 0 Å². The highest BCUT2D eigenvalue weighted by Crippen LogP contribution is 2.79. The molecule has 18 heteroatoms. The van der Waals surface area contributed by atoms with Crippen molar-refractivity contribution < 1.29 is 89.3 Å². The van der Waals surface area contributed by atoms with Crippen LogP contribution in [0, 0.1) is 44.8 Å². The SMILES string of the molecule is CC[C@]1(O)[C@@H]2CC[C@]3(C)[C@H](C=C[C@@]45OC[C@@]6(CCC(C)(C)C[C@@H]64)[C@H](O)C[C@]35C)[C@]2(C)CC[C@H]1O[C@H]1O[C@@H](CO[C@H]2O[C@@H](CO)[C@H](O[C@@H]3O[C@H](C)[C@@H](O)[C@H](O)[C@@H]3O)[C@@H](O)[C@@H]2O)[C@H](O)[C@@H](O)[C@@H]1O. The molecule has 18 nitrogen and oxygen atoms in total. The standard InChI is InChI=1S/C48H78O18/c1-8-47(59)26-9-13-44(6)25(10-14-48-27-17-42(3,4)15-16-46(27,21-61-48)28(50)18-45(44,48)7)43(26,5)12-11-29(47)65-41-36(57)33(54)31(52)24(64-41)20-60-39-37(58)34(55)38(23(19-49)63-39)66-40-35(56)32(53)30(51)22(2)62-40/h10,14,22-41,49-59H,8-9,11-13,15-21H2,1-7H3/t22-,23+,24+,25-,26-,27+,28-,29-,30-,31+,32+,33-,34+,35+,36+,37+,38+,39+,40+,41-,43+,44-,45-,46-,47+,48-/m1/s1. The molecule has 0 aromatic rings. The molecule has 4 aliphatic heterocycles. The van der Waals surface area contributed by atoms with Crippen LogP contribution < -0.4 is 0 Å². The minimum absolute atomic E-state index is 0.0508. The fraction of sp³-hybridized carbons (Fsp3) is 0.958. The van der Waals surface area contributed by atoms with E-state index < -0.39 is 129 Å². The van der Waals surface area contributed by atoms with Crippen LogP contribution in [0.25, 0.3) is 0 Å². The van der Waals surface area contributed by atoms with Gasteiger partial charge in [-0.2, -0.15) is 0 Å². The first kappa shape index (κ1) is 50.0. The number of rotatable bonds is 9. The number of hydrogen-bond acceptors (Lipinski definition) is 18. The molecule has 4 heterocycles. The van der Waals surface area contributed by atoms with Gasteiger partial charge in [-0.3, -0.25) is 0 Å². The number of fused-ring (bicyclic) bond motifs is 4. The molecule has 4 saturated heterocycles. The molecule has 0 amide bonds. The smallest absolute Gasteiger partial charge is 0.187 e. The maximum Gasteiger partial charge on any atom is 0.187 e. The summed E-state index contributed by atoms with van der Waals surface area (Å²) in [5.74, 6) is 0.0250. The van der Waals surface area contributed by atoms with E-state index in [1.165, 1.54) is 6.92 Å². The molecule has 9 rings (SSSR count). The summed E-state index contributed by atoms with van der Waals surface area (Å²) in [7, 11) is 0. The van der Waals surface area contributed by atoms with Crippen molar-refractivity contribution in [2.45, 2.75) is 222 Å². The van der Waals surface area contributed by atoms with E-state index in [1.54, 1.807) is 0 Å². The second kappa shape index (κ2) is 17.1. The molecule has 26 atom stereocenters. The molecule has 0 unspecified atom stereocenters. The number of allylic oxidation sites excluding steroid dienone is 1. The summed E-state index contributed by atoms with van der Waals surface area (Å²) >= 11 is 0. The fourth-order valence-corrected chi connectivity index (χ4v) is 15.6. The first-order valence-electron chi connectivity index (χ1n) is 24.6. The Morgan fingerprint density at radius 1 is 0.667 bits per heavy atom. The third-order valence-corrected chi connectivity index (χ3v) is 19.9. The molecule has 8 fully saturated rings. The third-order valence-electron chi connectivity index (χ3n) is 19.9. The summed E-state index contributed by atoms with van der Waals surface area (Å²) < 4.78 is 42.4. The highest BCUT2D eigenvalue weighted by molar-refractivity contribution is 5.36. The summed E-state index contributed by atoms with van der Waals surface area (Å²) in [4.78, 5) is 0. The Morgan fingerprint density at radius 2 is 1.32 bits per heavy atom. The highest BCUT2D eigenvalue weighted by Gasteiger charge is 2.79. The molecule has 2 bridgehead atoms. The van der Waals surface area contributed by atoms with E-state index >= 15 is 0 Å². The second-order valence-electron chi connectivity index (χ2n) is 23.5. The minimum Gasteiger partial charge on any atom is -0.394 e. The first-order chi connectivity index (χ1) is 30.9. The number of aliphatic hydroxyl groups is 11. The van der Waals surface area contributed by atoms with Gasteiger partial charge in [0.05, 0.1) is 49.3 Å². The van der Waals surface area contributed by atoms with E-state index in [4.69, 9.17) is 33.2 Å². The molecule has 5 aliphatic carbocycles. The van der Waals surface area contributed by atoms with Crippen LogP contribution in [0.15, 0.2) is 12.2 Å². The molecule has 0 radical (unpaired) electrons. The van der Waals surface area contributed by atoms with Crippen LogP contribution in [0.1, 0.15) is 106 Å². The van der Waals surface area contributed by atoms with Gasteiger partial charge in [-0.15, -0.1) is 0 Å². The molecule has 66 heavy (non-hydrogen) atoms. The van der Waals surface area contributed by atoms with Crippen LogP contribution in [0.2, 0.25) is 0 Å². The summed E-state index contributed by atoms with van der Waals surface area (Å²) in [6.07, 6.45) is -13.4. The molecule has 1 spiro atoms. The maximum atomic E-state index is 12.9. The van der Waals surface area contributed by atoms with Crippen LogP contribution in [0.4, 0.5) is 0 Å². The van der Waals surface area contributed by atoms with Crippen LogP contribution in [-0.4, -0.2) is 192 Å². The van der Waals surface area contributed by atoms with Gasteiger partial charge in [0.1, 0.15) is 67.1 Å². The Balaban J connectivity index is 0.888. The average Bonchev–Trinajstić information content (AvgIpc) is 3.55. The maximum absolute atomic E-state index is 12.9. The molecular weight excluding hydrogens is 865 g/mol. The molecule has 0 aromatic carbocycles. The van der Waals surface area contributed by atoms with E-state index in [1.807, 2.05) is 6.92 Å². The zero-order chi connectivity index (χ0) is 47.9. The van der Waals surface area contributed by atoms with Crippen molar-refractivity contribution in [3.63, 3.8) is 0 Å². The van der Waals surface area contributed by atoms with Crippen molar-refractivity contribution in [3.8, 4) is 0 Å².